The maximum absolute atomic E-state index is 13.2. The molecular formula is C41H55NO4. The van der Waals surface area contributed by atoms with Gasteiger partial charge in [-0.3, -0.25) is 19.7 Å². The van der Waals surface area contributed by atoms with Crippen molar-refractivity contribution in [3.05, 3.63) is 107 Å². The highest BCUT2D eigenvalue weighted by Crippen LogP contribution is 2.26. The predicted molar refractivity (Wildman–Crippen MR) is 189 cm³/mol. The summed E-state index contributed by atoms with van der Waals surface area (Å²) in [5.74, 6) is -1.27. The summed E-state index contributed by atoms with van der Waals surface area (Å²) in [4.78, 5) is 37.7. The molecule has 0 spiro atoms. The van der Waals surface area contributed by atoms with E-state index in [0.29, 0.717) is 11.1 Å². The van der Waals surface area contributed by atoms with Crippen LogP contribution in [0.2, 0.25) is 0 Å². The average molecular weight is 626 g/mol. The minimum absolute atomic E-state index is 0.0505. The second kappa shape index (κ2) is 21.1. The molecule has 0 atom stereocenters. The van der Waals surface area contributed by atoms with Crippen molar-refractivity contribution in [2.45, 2.75) is 129 Å². The highest BCUT2D eigenvalue weighted by Gasteiger charge is 2.29. The van der Waals surface area contributed by atoms with Gasteiger partial charge in [0.1, 0.15) is 6.61 Å². The maximum atomic E-state index is 13.2. The number of hydrogen-bond donors (Lipinski definition) is 1. The van der Waals surface area contributed by atoms with E-state index in [1.54, 1.807) is 18.2 Å². The highest BCUT2D eigenvalue weighted by atomic mass is 16.5. The van der Waals surface area contributed by atoms with Gasteiger partial charge in [0, 0.05) is 0 Å². The molecule has 0 radical (unpaired) electrons. The lowest BCUT2D eigenvalue weighted by molar-refractivity contribution is -0.144. The first-order chi connectivity index (χ1) is 22.5. The van der Waals surface area contributed by atoms with E-state index in [1.807, 2.05) is 18.2 Å². The number of imide groups is 1. The number of nitrogens with one attached hydrogen (secondary N) is 1. The molecule has 1 aliphatic heterocycles. The van der Waals surface area contributed by atoms with Gasteiger partial charge in [0.2, 0.25) is 0 Å². The largest absolute Gasteiger partial charge is 0.461 e. The van der Waals surface area contributed by atoms with Gasteiger partial charge in [0.25, 0.3) is 11.8 Å². The molecule has 0 aliphatic carbocycles. The number of benzene rings is 2. The zero-order chi connectivity index (χ0) is 33.0. The molecule has 1 aliphatic rings. The molecule has 0 unspecified atom stereocenters. The third kappa shape index (κ3) is 12.2. The highest BCUT2D eigenvalue weighted by molar-refractivity contribution is 6.22. The van der Waals surface area contributed by atoms with E-state index in [0.717, 1.165) is 56.9 Å². The van der Waals surface area contributed by atoms with Gasteiger partial charge in [-0.1, -0.05) is 81.0 Å². The van der Waals surface area contributed by atoms with Crippen LogP contribution in [0, 0.1) is 0 Å². The van der Waals surface area contributed by atoms with Gasteiger partial charge in [0.15, 0.2) is 0 Å². The molecule has 3 rings (SSSR count). The van der Waals surface area contributed by atoms with Crippen molar-refractivity contribution >= 4 is 17.8 Å². The van der Waals surface area contributed by atoms with Crippen molar-refractivity contribution in [1.82, 2.24) is 5.32 Å². The van der Waals surface area contributed by atoms with Crippen LogP contribution in [0.25, 0.3) is 0 Å². The Morgan fingerprint density at radius 3 is 1.72 bits per heavy atom. The topological polar surface area (TPSA) is 72.5 Å². The van der Waals surface area contributed by atoms with E-state index >= 15 is 0 Å². The van der Waals surface area contributed by atoms with Gasteiger partial charge in [-0.25, -0.2) is 0 Å². The van der Waals surface area contributed by atoms with Crippen LogP contribution in [-0.2, 0) is 41.8 Å². The summed E-state index contributed by atoms with van der Waals surface area (Å²) in [5.41, 5.74) is 6.25. The molecule has 2 amide bonds. The molecule has 2 aromatic rings. The minimum Gasteiger partial charge on any atom is -0.461 e. The molecule has 5 heteroatoms. The molecule has 5 nitrogen and oxygen atoms in total. The summed E-state index contributed by atoms with van der Waals surface area (Å²) < 4.78 is 5.94. The summed E-state index contributed by atoms with van der Waals surface area (Å²) in [6, 6.07) is 9.77. The molecule has 0 saturated heterocycles. The zero-order valence-electron chi connectivity index (χ0n) is 28.0. The number of hydrogen-bond acceptors (Lipinski definition) is 4. The first-order valence-electron chi connectivity index (χ1n) is 17.6. The summed E-state index contributed by atoms with van der Waals surface area (Å²) >= 11 is 0. The van der Waals surface area contributed by atoms with Crippen LogP contribution in [0.1, 0.15) is 145 Å². The summed E-state index contributed by atoms with van der Waals surface area (Å²) in [7, 11) is 0. The molecule has 2 aromatic carbocycles. The minimum atomic E-state index is -0.453. The lowest BCUT2D eigenvalue weighted by atomic mass is 9.90. The first kappa shape index (κ1) is 36.7. The number of fused-ring (bicyclic) bond motifs is 1. The van der Waals surface area contributed by atoms with Crippen molar-refractivity contribution in [3.63, 3.8) is 0 Å². The van der Waals surface area contributed by atoms with Gasteiger partial charge >= 0.3 is 5.97 Å². The van der Waals surface area contributed by atoms with Gasteiger partial charge in [0.05, 0.1) is 17.5 Å². The van der Waals surface area contributed by atoms with E-state index in [-0.39, 0.29) is 18.6 Å². The van der Waals surface area contributed by atoms with Crippen LogP contribution in [0.15, 0.2) is 68.3 Å². The molecule has 1 heterocycles. The molecule has 46 heavy (non-hydrogen) atoms. The van der Waals surface area contributed by atoms with Crippen molar-refractivity contribution in [2.75, 3.05) is 0 Å². The average Bonchev–Trinajstić information content (AvgIpc) is 3.35. The van der Waals surface area contributed by atoms with Crippen molar-refractivity contribution in [1.29, 1.82) is 0 Å². The number of unbranched alkanes of at least 4 members (excludes halogenated alkanes) is 12. The number of allylic oxidation sites excluding steroid dienone is 3. The predicted octanol–water partition coefficient (Wildman–Crippen LogP) is 9.89. The fraction of sp³-hybridized carbons (Fsp3) is 0.488. The lowest BCUT2D eigenvalue weighted by Gasteiger charge is -2.18. The summed E-state index contributed by atoms with van der Waals surface area (Å²) in [6.45, 7) is 11.8. The zero-order valence-corrected chi connectivity index (χ0v) is 28.0. The van der Waals surface area contributed by atoms with Gasteiger partial charge in [-0.05, 0) is 111 Å². The lowest BCUT2D eigenvalue weighted by Crippen LogP contribution is -2.20. The Morgan fingerprint density at radius 2 is 1.17 bits per heavy atom. The molecule has 248 valence electrons. The Balaban J connectivity index is 1.77. The third-order valence-electron chi connectivity index (χ3n) is 8.89. The van der Waals surface area contributed by atoms with Gasteiger partial charge in [-0.15, -0.1) is 19.7 Å². The molecular weight excluding hydrogens is 570 g/mol. The standard InChI is InChI=1S/C41H55NO4/c1-4-7-10-13-16-19-23-32-28-33(24-20-17-14-11-8-5-2)37(34(29-32)25-21-18-15-12-9-6-3)31-46-38(43)30-35-26-22-27-36-39(35)41(45)42-40(36)44/h4-6,22,26-29H,1-3,7-21,23-25,30-31H2,(H,42,44,45). The fourth-order valence-electron chi connectivity index (χ4n) is 6.33. The smallest absolute Gasteiger partial charge is 0.310 e. The first-order valence-corrected chi connectivity index (χ1v) is 17.6. The summed E-state index contributed by atoms with van der Waals surface area (Å²) in [5, 5.41) is 2.33. The molecule has 1 N–H and O–H groups in total. The van der Waals surface area contributed by atoms with Crippen molar-refractivity contribution in [3.8, 4) is 0 Å². The van der Waals surface area contributed by atoms with Crippen LogP contribution in [-0.4, -0.2) is 17.8 Å². The fourth-order valence-corrected chi connectivity index (χ4v) is 6.33. The quantitative estimate of drug-likeness (QED) is 0.0516. The van der Waals surface area contributed by atoms with Crippen molar-refractivity contribution in [2.24, 2.45) is 0 Å². The van der Waals surface area contributed by atoms with Gasteiger partial charge in [-0.2, -0.15) is 0 Å². The van der Waals surface area contributed by atoms with E-state index in [9.17, 15) is 14.4 Å². The monoisotopic (exact) mass is 625 g/mol. The number of carbonyl (C=O) groups excluding carboxylic acids is 3. The molecule has 0 fully saturated rings. The Morgan fingerprint density at radius 1 is 0.652 bits per heavy atom. The second-order valence-electron chi connectivity index (χ2n) is 12.6. The van der Waals surface area contributed by atoms with E-state index < -0.39 is 17.8 Å². The number of ether oxygens (including phenoxy) is 1. The Labute approximate surface area is 277 Å². The number of amides is 2. The second-order valence-corrected chi connectivity index (χ2v) is 12.6. The molecule has 0 aromatic heterocycles. The van der Waals surface area contributed by atoms with Crippen LogP contribution >= 0.6 is 0 Å². The Kier molecular flexibility index (Phi) is 16.9. The molecule has 0 bridgehead atoms. The number of carbonyl (C=O) groups is 3. The number of aryl methyl sites for hydroxylation is 3. The van der Waals surface area contributed by atoms with E-state index in [1.165, 1.54) is 80.9 Å². The SMILES string of the molecule is C=CCCCCCCc1cc(CCCCCCC=C)c(COC(=O)Cc2cccc3c2C(=O)NC3=O)c(CCCCCCC=C)c1. The van der Waals surface area contributed by atoms with Crippen molar-refractivity contribution < 1.29 is 19.1 Å². The normalized spacial score (nSPS) is 12.1. The van der Waals surface area contributed by atoms with E-state index in [4.69, 9.17) is 4.74 Å². The van der Waals surface area contributed by atoms with Crippen LogP contribution in [0.3, 0.4) is 0 Å². The van der Waals surface area contributed by atoms with E-state index in [2.05, 4.69) is 37.2 Å². The Hall–Kier alpha value is -3.73. The maximum Gasteiger partial charge on any atom is 0.310 e. The van der Waals surface area contributed by atoms with Crippen LogP contribution in [0.4, 0.5) is 0 Å². The number of esters is 1. The van der Waals surface area contributed by atoms with Crippen LogP contribution in [0.5, 0.6) is 0 Å². The number of rotatable bonds is 25. The Bertz CT molecular complexity index is 1280. The van der Waals surface area contributed by atoms with Crippen LogP contribution < -0.4 is 5.32 Å². The summed E-state index contributed by atoms with van der Waals surface area (Å²) in [6.07, 6.45) is 26.2. The third-order valence-corrected chi connectivity index (χ3v) is 8.89. The molecule has 0 saturated carbocycles. The van der Waals surface area contributed by atoms with Gasteiger partial charge < -0.3 is 4.74 Å².